The minimum Gasteiger partial charge on any atom is -0.497 e. The zero-order valence-corrected chi connectivity index (χ0v) is 8.06. The standard InChI is InChI=1S/C10H9NO4/c1-15-6-2-3-8-7(4-6)9(13)10(14)11(8)5-12/h2-4,12H,5H2,1H3. The van der Waals surface area contributed by atoms with Crippen molar-refractivity contribution in [2.24, 2.45) is 0 Å². The number of anilines is 1. The van der Waals surface area contributed by atoms with Crippen LogP contribution in [0.2, 0.25) is 0 Å². The molecule has 0 radical (unpaired) electrons. The molecule has 1 amide bonds. The van der Waals surface area contributed by atoms with Crippen molar-refractivity contribution in [1.82, 2.24) is 0 Å². The van der Waals surface area contributed by atoms with E-state index in [1.165, 1.54) is 13.2 Å². The fourth-order valence-corrected chi connectivity index (χ4v) is 1.55. The number of hydrogen-bond acceptors (Lipinski definition) is 4. The van der Waals surface area contributed by atoms with Crippen LogP contribution in [0.5, 0.6) is 5.75 Å². The van der Waals surface area contributed by atoms with Crippen molar-refractivity contribution in [3.05, 3.63) is 23.8 Å². The summed E-state index contributed by atoms with van der Waals surface area (Å²) in [6, 6.07) is 4.70. The summed E-state index contributed by atoms with van der Waals surface area (Å²) in [6.07, 6.45) is 0. The van der Waals surface area contributed by atoms with E-state index in [0.717, 1.165) is 4.90 Å². The maximum Gasteiger partial charge on any atom is 0.301 e. The number of amides is 1. The second kappa shape index (κ2) is 3.36. The van der Waals surface area contributed by atoms with E-state index >= 15 is 0 Å². The molecular weight excluding hydrogens is 198 g/mol. The van der Waals surface area contributed by atoms with Crippen molar-refractivity contribution in [2.75, 3.05) is 18.7 Å². The maximum absolute atomic E-state index is 11.5. The van der Waals surface area contributed by atoms with Crippen LogP contribution in [0.25, 0.3) is 0 Å². The van der Waals surface area contributed by atoms with Gasteiger partial charge in [-0.1, -0.05) is 0 Å². The van der Waals surface area contributed by atoms with Crippen LogP contribution in [-0.4, -0.2) is 30.6 Å². The average Bonchev–Trinajstić information content (AvgIpc) is 2.51. The Labute approximate surface area is 85.9 Å². The third-order valence-corrected chi connectivity index (χ3v) is 2.32. The number of carbonyl (C=O) groups excluding carboxylic acids is 2. The lowest BCUT2D eigenvalue weighted by atomic mass is 10.1. The minimum absolute atomic E-state index is 0.272. The van der Waals surface area contributed by atoms with E-state index in [4.69, 9.17) is 9.84 Å². The zero-order valence-electron chi connectivity index (χ0n) is 8.06. The summed E-state index contributed by atoms with van der Waals surface area (Å²) < 4.78 is 4.95. The van der Waals surface area contributed by atoms with E-state index in [9.17, 15) is 9.59 Å². The normalized spacial score (nSPS) is 14.4. The lowest BCUT2D eigenvalue weighted by Crippen LogP contribution is -2.30. The first kappa shape index (κ1) is 9.67. The van der Waals surface area contributed by atoms with Crippen LogP contribution in [0.4, 0.5) is 5.69 Å². The van der Waals surface area contributed by atoms with Gasteiger partial charge in [0.15, 0.2) is 0 Å². The molecule has 0 saturated heterocycles. The summed E-state index contributed by atoms with van der Waals surface area (Å²) in [4.78, 5) is 23.9. The number of carbonyl (C=O) groups is 2. The van der Waals surface area contributed by atoms with Gasteiger partial charge >= 0.3 is 5.91 Å². The van der Waals surface area contributed by atoms with E-state index in [1.807, 2.05) is 0 Å². The van der Waals surface area contributed by atoms with E-state index in [2.05, 4.69) is 0 Å². The highest BCUT2D eigenvalue weighted by Gasteiger charge is 2.35. The fourth-order valence-electron chi connectivity index (χ4n) is 1.55. The summed E-state index contributed by atoms with van der Waals surface area (Å²) in [5, 5.41) is 8.95. The highest BCUT2D eigenvalue weighted by molar-refractivity contribution is 6.52. The van der Waals surface area contributed by atoms with Gasteiger partial charge in [-0.15, -0.1) is 0 Å². The maximum atomic E-state index is 11.5. The predicted octanol–water partition coefficient (Wildman–Crippen LogP) is 0.174. The fraction of sp³-hybridized carbons (Fsp3) is 0.200. The zero-order chi connectivity index (χ0) is 11.0. The quantitative estimate of drug-likeness (QED) is 0.702. The molecule has 0 atom stereocenters. The molecule has 1 aliphatic heterocycles. The van der Waals surface area contributed by atoms with Gasteiger partial charge in [-0.3, -0.25) is 14.5 Å². The first-order valence-electron chi connectivity index (χ1n) is 4.34. The highest BCUT2D eigenvalue weighted by Crippen LogP contribution is 2.31. The van der Waals surface area contributed by atoms with Crippen molar-refractivity contribution in [3.63, 3.8) is 0 Å². The van der Waals surface area contributed by atoms with Gasteiger partial charge in [-0.05, 0) is 18.2 Å². The molecule has 0 aliphatic carbocycles. The van der Waals surface area contributed by atoms with Gasteiger partial charge in [0.05, 0.1) is 18.4 Å². The number of Topliss-reactive ketones (excluding diaryl/α,β-unsaturated/α-hetero) is 1. The second-order valence-electron chi connectivity index (χ2n) is 3.09. The van der Waals surface area contributed by atoms with Crippen LogP contribution in [-0.2, 0) is 4.79 Å². The Kier molecular flexibility index (Phi) is 2.17. The number of nitrogens with zero attached hydrogens (tertiary/aromatic N) is 1. The largest absolute Gasteiger partial charge is 0.497 e. The van der Waals surface area contributed by atoms with Crippen LogP contribution in [0.15, 0.2) is 18.2 Å². The third-order valence-electron chi connectivity index (χ3n) is 2.32. The summed E-state index contributed by atoms with van der Waals surface area (Å²) in [7, 11) is 1.48. The van der Waals surface area contributed by atoms with Crippen molar-refractivity contribution in [1.29, 1.82) is 0 Å². The Morgan fingerprint density at radius 2 is 2.13 bits per heavy atom. The van der Waals surface area contributed by atoms with E-state index in [1.54, 1.807) is 12.1 Å². The van der Waals surface area contributed by atoms with Crippen molar-refractivity contribution < 1.29 is 19.4 Å². The molecular formula is C10H9NO4. The van der Waals surface area contributed by atoms with Crippen LogP contribution >= 0.6 is 0 Å². The molecule has 0 aromatic heterocycles. The molecule has 78 valence electrons. The monoisotopic (exact) mass is 207 g/mol. The average molecular weight is 207 g/mol. The smallest absolute Gasteiger partial charge is 0.301 e. The SMILES string of the molecule is COc1ccc2c(c1)C(=O)C(=O)N2CO. The topological polar surface area (TPSA) is 66.8 Å². The Morgan fingerprint density at radius 1 is 1.40 bits per heavy atom. The predicted molar refractivity (Wildman–Crippen MR) is 51.9 cm³/mol. The molecule has 0 fully saturated rings. The summed E-state index contributed by atoms with van der Waals surface area (Å²) in [5.41, 5.74) is 0.696. The van der Waals surface area contributed by atoms with E-state index in [0.29, 0.717) is 11.4 Å². The van der Waals surface area contributed by atoms with Gasteiger partial charge in [0, 0.05) is 0 Å². The van der Waals surface area contributed by atoms with Crippen LogP contribution in [0.1, 0.15) is 10.4 Å². The minimum atomic E-state index is -0.708. The number of fused-ring (bicyclic) bond motifs is 1. The number of rotatable bonds is 2. The highest BCUT2D eigenvalue weighted by atomic mass is 16.5. The number of benzene rings is 1. The number of ether oxygens (including phenoxy) is 1. The first-order chi connectivity index (χ1) is 7.19. The molecule has 5 heteroatoms. The Bertz CT molecular complexity index is 441. The molecule has 0 bridgehead atoms. The van der Waals surface area contributed by atoms with Crippen molar-refractivity contribution in [2.45, 2.75) is 0 Å². The molecule has 1 aliphatic rings. The van der Waals surface area contributed by atoms with Crippen LogP contribution in [0, 0.1) is 0 Å². The summed E-state index contributed by atoms with van der Waals surface area (Å²) >= 11 is 0. The van der Waals surface area contributed by atoms with Gasteiger partial charge < -0.3 is 9.84 Å². The van der Waals surface area contributed by atoms with E-state index < -0.39 is 18.4 Å². The lowest BCUT2D eigenvalue weighted by molar-refractivity contribution is -0.114. The Hall–Kier alpha value is -1.88. The van der Waals surface area contributed by atoms with E-state index in [-0.39, 0.29) is 5.56 Å². The molecule has 0 unspecified atom stereocenters. The molecule has 15 heavy (non-hydrogen) atoms. The second-order valence-corrected chi connectivity index (χ2v) is 3.09. The third kappa shape index (κ3) is 1.28. The van der Waals surface area contributed by atoms with Crippen molar-refractivity contribution in [3.8, 4) is 5.75 Å². The molecule has 2 rings (SSSR count). The molecule has 5 nitrogen and oxygen atoms in total. The first-order valence-corrected chi connectivity index (χ1v) is 4.34. The van der Waals surface area contributed by atoms with Crippen LogP contribution in [0.3, 0.4) is 0 Å². The molecule has 0 saturated carbocycles. The van der Waals surface area contributed by atoms with Crippen molar-refractivity contribution >= 4 is 17.4 Å². The van der Waals surface area contributed by atoms with Gasteiger partial charge in [0.2, 0.25) is 0 Å². The Balaban J connectivity index is 2.55. The molecule has 1 aromatic carbocycles. The Morgan fingerprint density at radius 3 is 2.73 bits per heavy atom. The molecule has 1 heterocycles. The number of aliphatic hydroxyl groups excluding tert-OH is 1. The van der Waals surface area contributed by atoms with Crippen LogP contribution < -0.4 is 9.64 Å². The lowest BCUT2D eigenvalue weighted by Gasteiger charge is -2.12. The van der Waals surface area contributed by atoms with Gasteiger partial charge in [-0.2, -0.15) is 0 Å². The van der Waals surface area contributed by atoms with Gasteiger partial charge in [0.1, 0.15) is 12.5 Å². The number of ketones is 1. The number of aliphatic hydroxyl groups is 1. The number of hydrogen-bond donors (Lipinski definition) is 1. The summed E-state index contributed by atoms with van der Waals surface area (Å²) in [5.74, 6) is -0.812. The molecule has 1 N–H and O–H groups in total. The van der Waals surface area contributed by atoms with Gasteiger partial charge in [-0.25, -0.2) is 0 Å². The molecule has 0 spiro atoms. The number of methoxy groups -OCH3 is 1. The summed E-state index contributed by atoms with van der Waals surface area (Å²) in [6.45, 7) is -0.496. The van der Waals surface area contributed by atoms with Gasteiger partial charge in [0.25, 0.3) is 5.78 Å². The molecule has 1 aromatic rings.